The van der Waals surface area contributed by atoms with Crippen molar-refractivity contribution in [3.63, 3.8) is 0 Å². The van der Waals surface area contributed by atoms with Crippen LogP contribution in [0.15, 0.2) is 12.4 Å². The van der Waals surface area contributed by atoms with E-state index < -0.39 is 0 Å². The van der Waals surface area contributed by atoms with Gasteiger partial charge in [0, 0.05) is 18.3 Å². The molecule has 0 N–H and O–H groups in total. The summed E-state index contributed by atoms with van der Waals surface area (Å²) in [4.78, 5) is 10.9. The molecule has 1 aromatic heterocycles. The van der Waals surface area contributed by atoms with Crippen molar-refractivity contribution in [2.75, 3.05) is 24.2 Å². The van der Waals surface area contributed by atoms with Crippen LogP contribution in [0.25, 0.3) is 0 Å². The van der Waals surface area contributed by atoms with Gasteiger partial charge in [0.1, 0.15) is 5.82 Å². The molecule has 3 nitrogen and oxygen atoms in total. The fraction of sp³-hybridized carbons (Fsp3) is 0.600. The first-order valence-corrected chi connectivity index (χ1v) is 6.80. The lowest BCUT2D eigenvalue weighted by Gasteiger charge is -2.16. The number of thioether (sulfide) groups is 1. The predicted octanol–water partition coefficient (Wildman–Crippen LogP) is 2.16. The SMILES string of the molecule is CSC1CCN(c2cnc(CCl)cn2)C1. The normalized spacial score (nSPS) is 20.9. The number of nitrogens with zero attached hydrogens (tertiary/aromatic N) is 3. The van der Waals surface area contributed by atoms with Gasteiger partial charge in [-0.05, 0) is 12.7 Å². The van der Waals surface area contributed by atoms with Crippen LogP contribution in [-0.2, 0) is 5.88 Å². The standard InChI is InChI=1S/C10H14ClN3S/c1-15-9-2-3-14(7-9)10-6-12-8(4-11)5-13-10/h5-6,9H,2-4,7H2,1H3. The molecule has 0 amide bonds. The fourth-order valence-electron chi connectivity index (χ4n) is 1.71. The Kier molecular flexibility index (Phi) is 3.70. The van der Waals surface area contributed by atoms with E-state index >= 15 is 0 Å². The summed E-state index contributed by atoms with van der Waals surface area (Å²) in [6.07, 6.45) is 6.98. The summed E-state index contributed by atoms with van der Waals surface area (Å²) in [6, 6.07) is 0. The van der Waals surface area contributed by atoms with Crippen LogP contribution in [0.1, 0.15) is 12.1 Å². The Morgan fingerprint density at radius 1 is 1.53 bits per heavy atom. The van der Waals surface area contributed by atoms with Gasteiger partial charge in [-0.1, -0.05) is 0 Å². The second-order valence-electron chi connectivity index (χ2n) is 3.59. The van der Waals surface area contributed by atoms with Crippen molar-refractivity contribution < 1.29 is 0 Å². The van der Waals surface area contributed by atoms with Crippen molar-refractivity contribution in [1.29, 1.82) is 0 Å². The smallest absolute Gasteiger partial charge is 0.147 e. The summed E-state index contributed by atoms with van der Waals surface area (Å²) in [5.74, 6) is 1.40. The molecule has 1 saturated heterocycles. The van der Waals surface area contributed by atoms with E-state index in [4.69, 9.17) is 11.6 Å². The molecule has 0 spiro atoms. The predicted molar refractivity (Wildman–Crippen MR) is 65.7 cm³/mol. The summed E-state index contributed by atoms with van der Waals surface area (Å²) in [6.45, 7) is 2.16. The summed E-state index contributed by atoms with van der Waals surface area (Å²) < 4.78 is 0. The van der Waals surface area contributed by atoms with Crippen LogP contribution in [0, 0.1) is 0 Å². The van der Waals surface area contributed by atoms with Crippen LogP contribution >= 0.6 is 23.4 Å². The Labute approximate surface area is 99.2 Å². The van der Waals surface area contributed by atoms with Gasteiger partial charge in [-0.15, -0.1) is 11.6 Å². The molecule has 0 bridgehead atoms. The first-order valence-electron chi connectivity index (χ1n) is 4.98. The van der Waals surface area contributed by atoms with E-state index in [1.807, 2.05) is 18.0 Å². The lowest BCUT2D eigenvalue weighted by molar-refractivity contribution is 0.919. The molecule has 2 rings (SSSR count). The van der Waals surface area contributed by atoms with E-state index in [9.17, 15) is 0 Å². The molecule has 1 unspecified atom stereocenters. The summed E-state index contributed by atoms with van der Waals surface area (Å²) in [7, 11) is 0. The zero-order valence-corrected chi connectivity index (χ0v) is 10.3. The Bertz CT molecular complexity index is 317. The van der Waals surface area contributed by atoms with E-state index in [1.54, 1.807) is 6.20 Å². The molecule has 15 heavy (non-hydrogen) atoms. The Morgan fingerprint density at radius 2 is 2.40 bits per heavy atom. The molecule has 1 atom stereocenters. The van der Waals surface area contributed by atoms with E-state index in [-0.39, 0.29) is 0 Å². The van der Waals surface area contributed by atoms with Crippen LogP contribution < -0.4 is 4.90 Å². The molecular formula is C10H14ClN3S. The lowest BCUT2D eigenvalue weighted by Crippen LogP contribution is -2.21. The summed E-state index contributed by atoms with van der Waals surface area (Å²) >= 11 is 7.59. The number of hydrogen-bond acceptors (Lipinski definition) is 4. The first-order chi connectivity index (χ1) is 7.33. The molecular weight excluding hydrogens is 230 g/mol. The monoisotopic (exact) mass is 243 g/mol. The number of halogens is 1. The third kappa shape index (κ3) is 2.55. The van der Waals surface area contributed by atoms with Gasteiger partial charge < -0.3 is 4.90 Å². The first kappa shape index (κ1) is 11.0. The minimum Gasteiger partial charge on any atom is -0.354 e. The summed E-state index contributed by atoms with van der Waals surface area (Å²) in [5, 5.41) is 0.736. The maximum absolute atomic E-state index is 5.67. The highest BCUT2D eigenvalue weighted by atomic mass is 35.5. The van der Waals surface area contributed by atoms with Gasteiger partial charge in [0.25, 0.3) is 0 Å². The second kappa shape index (κ2) is 5.03. The number of hydrogen-bond donors (Lipinski definition) is 0. The molecule has 82 valence electrons. The molecule has 0 aromatic carbocycles. The summed E-state index contributed by atoms with van der Waals surface area (Å²) in [5.41, 5.74) is 0.834. The molecule has 0 saturated carbocycles. The van der Waals surface area contributed by atoms with Gasteiger partial charge >= 0.3 is 0 Å². The molecule has 0 radical (unpaired) electrons. The van der Waals surface area contributed by atoms with Gasteiger partial charge in [0.15, 0.2) is 0 Å². The van der Waals surface area contributed by atoms with E-state index in [2.05, 4.69) is 21.1 Å². The number of alkyl halides is 1. The van der Waals surface area contributed by atoms with Crippen molar-refractivity contribution >= 4 is 29.2 Å². The maximum atomic E-state index is 5.67. The van der Waals surface area contributed by atoms with Crippen molar-refractivity contribution in [3.05, 3.63) is 18.1 Å². The minimum atomic E-state index is 0.431. The number of anilines is 1. The lowest BCUT2D eigenvalue weighted by atomic mass is 10.4. The Balaban J connectivity index is 2.04. The number of rotatable bonds is 3. The van der Waals surface area contributed by atoms with Crippen LogP contribution in [0.4, 0.5) is 5.82 Å². The van der Waals surface area contributed by atoms with Crippen LogP contribution in [-0.4, -0.2) is 34.6 Å². The molecule has 2 heterocycles. The van der Waals surface area contributed by atoms with Gasteiger partial charge in [-0.25, -0.2) is 4.98 Å². The average Bonchev–Trinajstić information content (AvgIpc) is 2.78. The average molecular weight is 244 g/mol. The molecule has 0 aliphatic carbocycles. The molecule has 1 aliphatic rings. The maximum Gasteiger partial charge on any atom is 0.147 e. The van der Waals surface area contributed by atoms with E-state index in [0.717, 1.165) is 29.9 Å². The van der Waals surface area contributed by atoms with Crippen molar-refractivity contribution in [3.8, 4) is 0 Å². The molecule has 1 fully saturated rings. The third-order valence-corrected chi connectivity index (χ3v) is 3.96. The van der Waals surface area contributed by atoms with Gasteiger partial charge in [0.2, 0.25) is 0 Å². The van der Waals surface area contributed by atoms with E-state index in [1.165, 1.54) is 6.42 Å². The van der Waals surface area contributed by atoms with Crippen molar-refractivity contribution in [2.45, 2.75) is 17.6 Å². The van der Waals surface area contributed by atoms with Crippen LogP contribution in [0.5, 0.6) is 0 Å². The van der Waals surface area contributed by atoms with E-state index in [0.29, 0.717) is 5.88 Å². The molecule has 5 heteroatoms. The van der Waals surface area contributed by atoms with Crippen molar-refractivity contribution in [2.24, 2.45) is 0 Å². The van der Waals surface area contributed by atoms with Crippen molar-refractivity contribution in [1.82, 2.24) is 9.97 Å². The minimum absolute atomic E-state index is 0.431. The molecule has 1 aromatic rings. The van der Waals surface area contributed by atoms with Gasteiger partial charge in [-0.3, -0.25) is 4.98 Å². The zero-order valence-electron chi connectivity index (χ0n) is 8.69. The third-order valence-electron chi connectivity index (χ3n) is 2.63. The fourth-order valence-corrected chi connectivity index (χ4v) is 2.52. The quantitative estimate of drug-likeness (QED) is 0.761. The van der Waals surface area contributed by atoms with Gasteiger partial charge in [0.05, 0.1) is 24.0 Å². The topological polar surface area (TPSA) is 29.0 Å². The van der Waals surface area contributed by atoms with Crippen LogP contribution in [0.2, 0.25) is 0 Å². The highest BCUT2D eigenvalue weighted by Crippen LogP contribution is 2.23. The largest absolute Gasteiger partial charge is 0.354 e. The Hall–Kier alpha value is -0.480. The van der Waals surface area contributed by atoms with Crippen LogP contribution in [0.3, 0.4) is 0 Å². The highest BCUT2D eigenvalue weighted by molar-refractivity contribution is 7.99. The number of aromatic nitrogens is 2. The highest BCUT2D eigenvalue weighted by Gasteiger charge is 2.22. The Morgan fingerprint density at radius 3 is 2.93 bits per heavy atom. The molecule has 1 aliphatic heterocycles. The van der Waals surface area contributed by atoms with Gasteiger partial charge in [-0.2, -0.15) is 11.8 Å². The zero-order chi connectivity index (χ0) is 10.7. The second-order valence-corrected chi connectivity index (χ2v) is 5.00.